The zero-order chi connectivity index (χ0) is 13.2. The van der Waals surface area contributed by atoms with E-state index in [1.165, 1.54) is 38.9 Å². The van der Waals surface area contributed by atoms with E-state index in [1.54, 1.807) is 0 Å². The van der Waals surface area contributed by atoms with Crippen molar-refractivity contribution in [1.29, 1.82) is 0 Å². The number of rotatable bonds is 4. The molecule has 106 valence electrons. The lowest BCUT2D eigenvalue weighted by Gasteiger charge is -2.49. The Bertz CT molecular complexity index is 410. The van der Waals surface area contributed by atoms with Crippen LogP contribution in [0.3, 0.4) is 0 Å². The van der Waals surface area contributed by atoms with Crippen LogP contribution in [0, 0.1) is 0 Å². The molecule has 3 heterocycles. The minimum Gasteiger partial charge on any atom is -0.295 e. The second kappa shape index (κ2) is 5.59. The fourth-order valence-electron chi connectivity index (χ4n) is 3.32. The molecule has 19 heavy (non-hydrogen) atoms. The van der Waals surface area contributed by atoms with Crippen LogP contribution < -0.4 is 0 Å². The van der Waals surface area contributed by atoms with E-state index in [0.717, 1.165) is 36.7 Å². The lowest BCUT2D eigenvalue weighted by molar-refractivity contribution is -0.00729. The zero-order valence-electron chi connectivity index (χ0n) is 12.1. The van der Waals surface area contributed by atoms with Crippen LogP contribution in [0.5, 0.6) is 0 Å². The average molecular weight is 263 g/mol. The first-order valence-corrected chi connectivity index (χ1v) is 7.64. The van der Waals surface area contributed by atoms with Gasteiger partial charge in [-0.25, -0.2) is 4.98 Å². The van der Waals surface area contributed by atoms with Gasteiger partial charge in [-0.15, -0.1) is 0 Å². The molecule has 3 rings (SSSR count). The van der Waals surface area contributed by atoms with Gasteiger partial charge in [0, 0.05) is 31.6 Å². The van der Waals surface area contributed by atoms with Gasteiger partial charge in [0.05, 0.1) is 6.54 Å². The number of likely N-dealkylation sites (tertiary alicyclic amines) is 2. The number of hydrogen-bond acceptors (Lipinski definition) is 4. The van der Waals surface area contributed by atoms with Crippen LogP contribution in [0.1, 0.15) is 44.8 Å². The van der Waals surface area contributed by atoms with Crippen LogP contribution in [0.2, 0.25) is 0 Å². The first-order chi connectivity index (χ1) is 9.26. The molecule has 0 aromatic carbocycles. The minimum atomic E-state index is 0.767. The molecule has 2 saturated heterocycles. The monoisotopic (exact) mass is 263 g/mol. The topological polar surface area (TPSA) is 48.1 Å². The predicted octanol–water partition coefficient (Wildman–Crippen LogP) is 1.43. The minimum absolute atomic E-state index is 0.767. The summed E-state index contributed by atoms with van der Waals surface area (Å²) in [5, 5.41) is 7.24. The third kappa shape index (κ3) is 2.82. The summed E-state index contributed by atoms with van der Waals surface area (Å²) in [5.41, 5.74) is 0. The Labute approximate surface area is 115 Å². The lowest BCUT2D eigenvalue weighted by atomic mass is 9.97. The van der Waals surface area contributed by atoms with E-state index >= 15 is 0 Å². The molecule has 0 saturated carbocycles. The van der Waals surface area contributed by atoms with Crippen LogP contribution in [-0.2, 0) is 13.0 Å². The average Bonchev–Trinajstić information content (AvgIpc) is 2.82. The number of aromatic nitrogens is 3. The molecule has 1 N–H and O–H groups in total. The molecule has 0 spiro atoms. The van der Waals surface area contributed by atoms with Gasteiger partial charge in [0.2, 0.25) is 0 Å². The Morgan fingerprint density at radius 2 is 2.16 bits per heavy atom. The van der Waals surface area contributed by atoms with Gasteiger partial charge in [0.25, 0.3) is 0 Å². The van der Waals surface area contributed by atoms with Crippen LogP contribution >= 0.6 is 0 Å². The predicted molar refractivity (Wildman–Crippen MR) is 74.8 cm³/mol. The van der Waals surface area contributed by atoms with Gasteiger partial charge < -0.3 is 0 Å². The van der Waals surface area contributed by atoms with Crippen LogP contribution in [0.4, 0.5) is 0 Å². The summed E-state index contributed by atoms with van der Waals surface area (Å²) >= 11 is 0. The summed E-state index contributed by atoms with van der Waals surface area (Å²) in [5.74, 6) is 1.94. The highest BCUT2D eigenvalue weighted by Gasteiger charge is 2.35. The molecule has 0 bridgehead atoms. The van der Waals surface area contributed by atoms with Crippen molar-refractivity contribution in [2.24, 2.45) is 0 Å². The highest BCUT2D eigenvalue weighted by Crippen LogP contribution is 2.24. The Kier molecular flexibility index (Phi) is 3.84. The standard InChI is InChI=1S/C14H25N5/c1-3-13-15-14(17-16-13)10-18-8-12(9-18)19-7-5-4-6-11(19)2/h11-12H,3-10H2,1-2H3,(H,15,16,17)/t11-/m1/s1. The molecule has 5 nitrogen and oxygen atoms in total. The van der Waals surface area contributed by atoms with E-state index < -0.39 is 0 Å². The van der Waals surface area contributed by atoms with Crippen molar-refractivity contribution in [3.8, 4) is 0 Å². The molecule has 2 aliphatic rings. The molecule has 0 radical (unpaired) electrons. The molecule has 2 fully saturated rings. The lowest BCUT2D eigenvalue weighted by Crippen LogP contribution is -2.61. The Morgan fingerprint density at radius 3 is 2.84 bits per heavy atom. The number of piperidine rings is 1. The van der Waals surface area contributed by atoms with E-state index in [0.29, 0.717) is 0 Å². The van der Waals surface area contributed by atoms with E-state index in [2.05, 4.69) is 38.8 Å². The smallest absolute Gasteiger partial charge is 0.150 e. The van der Waals surface area contributed by atoms with Crippen LogP contribution in [0.25, 0.3) is 0 Å². The summed E-state index contributed by atoms with van der Waals surface area (Å²) in [6.45, 7) is 9.06. The first kappa shape index (κ1) is 13.1. The second-order valence-electron chi connectivity index (χ2n) is 5.98. The maximum Gasteiger partial charge on any atom is 0.150 e. The fourth-order valence-corrected chi connectivity index (χ4v) is 3.32. The van der Waals surface area contributed by atoms with E-state index in [9.17, 15) is 0 Å². The van der Waals surface area contributed by atoms with Gasteiger partial charge in [0.1, 0.15) is 11.6 Å². The van der Waals surface area contributed by atoms with E-state index in [1.807, 2.05) is 0 Å². The molecular formula is C14H25N5. The maximum absolute atomic E-state index is 4.48. The van der Waals surface area contributed by atoms with Gasteiger partial charge in [-0.05, 0) is 26.3 Å². The second-order valence-corrected chi connectivity index (χ2v) is 5.98. The van der Waals surface area contributed by atoms with Gasteiger partial charge in [-0.3, -0.25) is 14.9 Å². The summed E-state index contributed by atoms with van der Waals surface area (Å²) in [4.78, 5) is 9.65. The molecular weight excluding hydrogens is 238 g/mol. The molecule has 5 heteroatoms. The summed E-state index contributed by atoms with van der Waals surface area (Å²) < 4.78 is 0. The van der Waals surface area contributed by atoms with Gasteiger partial charge in [-0.1, -0.05) is 13.3 Å². The van der Waals surface area contributed by atoms with Crippen molar-refractivity contribution in [1.82, 2.24) is 25.0 Å². The quantitative estimate of drug-likeness (QED) is 0.892. The fraction of sp³-hybridized carbons (Fsp3) is 0.857. The summed E-state index contributed by atoms with van der Waals surface area (Å²) in [7, 11) is 0. The van der Waals surface area contributed by atoms with Crippen molar-refractivity contribution in [3.05, 3.63) is 11.6 Å². The highest BCUT2D eigenvalue weighted by atomic mass is 15.3. The van der Waals surface area contributed by atoms with E-state index in [-0.39, 0.29) is 0 Å². The van der Waals surface area contributed by atoms with Gasteiger partial charge in [-0.2, -0.15) is 5.10 Å². The Hall–Kier alpha value is -0.940. The maximum atomic E-state index is 4.48. The van der Waals surface area contributed by atoms with Crippen molar-refractivity contribution in [2.75, 3.05) is 19.6 Å². The molecule has 2 aliphatic heterocycles. The summed E-state index contributed by atoms with van der Waals surface area (Å²) in [6.07, 6.45) is 5.07. The van der Waals surface area contributed by atoms with Crippen LogP contribution in [-0.4, -0.2) is 56.7 Å². The summed E-state index contributed by atoms with van der Waals surface area (Å²) in [6, 6.07) is 1.54. The molecule has 1 atom stereocenters. The van der Waals surface area contributed by atoms with Crippen molar-refractivity contribution in [2.45, 2.75) is 58.2 Å². The largest absolute Gasteiger partial charge is 0.295 e. The Morgan fingerprint density at radius 1 is 1.32 bits per heavy atom. The third-order valence-corrected chi connectivity index (χ3v) is 4.53. The third-order valence-electron chi connectivity index (χ3n) is 4.53. The normalized spacial score (nSPS) is 26.5. The van der Waals surface area contributed by atoms with Crippen molar-refractivity contribution < 1.29 is 0 Å². The number of aromatic amines is 1. The SMILES string of the molecule is CCc1n[nH]c(CN2CC(N3CCCC[C@H]3C)C2)n1. The van der Waals surface area contributed by atoms with Crippen molar-refractivity contribution in [3.63, 3.8) is 0 Å². The van der Waals surface area contributed by atoms with Gasteiger partial charge in [0.15, 0.2) is 0 Å². The van der Waals surface area contributed by atoms with Gasteiger partial charge >= 0.3 is 0 Å². The highest BCUT2D eigenvalue weighted by molar-refractivity contribution is 4.96. The molecule has 0 amide bonds. The number of aryl methyl sites for hydroxylation is 1. The molecule has 1 aromatic heterocycles. The molecule has 1 aromatic rings. The number of nitrogens with one attached hydrogen (secondary N) is 1. The number of nitrogens with zero attached hydrogens (tertiary/aromatic N) is 4. The first-order valence-electron chi connectivity index (χ1n) is 7.64. The Balaban J connectivity index is 1.47. The zero-order valence-corrected chi connectivity index (χ0v) is 12.1. The van der Waals surface area contributed by atoms with E-state index in [4.69, 9.17) is 0 Å². The van der Waals surface area contributed by atoms with Crippen LogP contribution in [0.15, 0.2) is 0 Å². The number of H-pyrrole nitrogens is 1. The molecule has 0 aliphatic carbocycles. The van der Waals surface area contributed by atoms with Crippen molar-refractivity contribution >= 4 is 0 Å². The molecule has 0 unspecified atom stereocenters. The number of hydrogen-bond donors (Lipinski definition) is 1.